The summed E-state index contributed by atoms with van der Waals surface area (Å²) in [6, 6.07) is 0. The molecule has 0 saturated heterocycles. The van der Waals surface area contributed by atoms with E-state index in [1.807, 2.05) is 0 Å². The van der Waals surface area contributed by atoms with Gasteiger partial charge in [-0.25, -0.2) is 0 Å². The van der Waals surface area contributed by atoms with Gasteiger partial charge in [-0.05, 0) is 0 Å². The topological polar surface area (TPSA) is 0 Å². The van der Waals surface area contributed by atoms with Crippen LogP contribution in [0.3, 0.4) is 0 Å². The third-order valence-corrected chi connectivity index (χ3v) is 0. The fraction of sp³-hybridized carbons (Fsp3) is 0. The van der Waals surface area contributed by atoms with Crippen LogP contribution in [-0.4, -0.2) is 62.7 Å². The van der Waals surface area contributed by atoms with Crippen molar-refractivity contribution in [3.05, 3.63) is 0 Å². The Balaban J connectivity index is 0. The molecule has 28 valence electrons. The van der Waals surface area contributed by atoms with Crippen LogP contribution in [0.4, 0.5) is 0 Å². The van der Waals surface area contributed by atoms with Crippen molar-refractivity contribution in [2.75, 3.05) is 0 Å². The van der Waals surface area contributed by atoms with Gasteiger partial charge >= 0.3 is 62.7 Å². The standard InChI is InChI=1S/Ga.In.H2S.H2Se.6H/h;;2*1H2;;;;;;. The predicted octanol–water partition coefficient (Wildman–Crippen LogP) is -3.17. The van der Waals surface area contributed by atoms with Crippen molar-refractivity contribution >= 4 is 76.2 Å². The summed E-state index contributed by atoms with van der Waals surface area (Å²) in [5, 5.41) is 0. The van der Waals surface area contributed by atoms with E-state index >= 15 is 0 Å². The van der Waals surface area contributed by atoms with Gasteiger partial charge in [-0.1, -0.05) is 0 Å². The zero-order valence-corrected chi connectivity index (χ0v) is 4.10. The maximum absolute atomic E-state index is 0. The molecule has 0 atom stereocenters. The van der Waals surface area contributed by atoms with E-state index in [1.165, 1.54) is 0 Å². The molecule has 0 rings (SSSR count). The first-order chi connectivity index (χ1) is 0. The monoisotopic (exact) mass is 306 g/mol. The second-order valence-electron chi connectivity index (χ2n) is 0. The van der Waals surface area contributed by atoms with Crippen LogP contribution in [-0.2, 0) is 0 Å². The molecule has 0 spiro atoms. The molecule has 4 heteroatoms. The Hall–Kier alpha value is 2.38. The summed E-state index contributed by atoms with van der Waals surface area (Å²) in [5.41, 5.74) is 0. The Morgan fingerprint density at radius 3 is 1.00 bits per heavy atom. The summed E-state index contributed by atoms with van der Waals surface area (Å²) in [4.78, 5) is 0. The van der Waals surface area contributed by atoms with Crippen LogP contribution in [0.1, 0.15) is 0 Å². The van der Waals surface area contributed by atoms with Crippen molar-refractivity contribution in [1.29, 1.82) is 0 Å². The van der Waals surface area contributed by atoms with Gasteiger partial charge in [-0.3, -0.25) is 0 Å². The van der Waals surface area contributed by atoms with Gasteiger partial charge in [-0.15, -0.1) is 0 Å². The Morgan fingerprint density at radius 1 is 1.00 bits per heavy atom. The van der Waals surface area contributed by atoms with E-state index in [2.05, 4.69) is 0 Å². The van der Waals surface area contributed by atoms with Crippen LogP contribution in [0, 0.1) is 0 Å². The first-order valence-electron chi connectivity index (χ1n) is 0. The molecule has 0 fully saturated rings. The van der Waals surface area contributed by atoms with Crippen molar-refractivity contribution in [3.8, 4) is 0 Å². The fourth-order valence-electron chi connectivity index (χ4n) is 0. The van der Waals surface area contributed by atoms with E-state index < -0.39 is 0 Å². The van der Waals surface area contributed by atoms with Gasteiger partial charge in [0.25, 0.3) is 0 Å². The van der Waals surface area contributed by atoms with E-state index in [0.29, 0.717) is 0 Å². The first kappa shape index (κ1) is 32.6. The molecule has 0 radical (unpaired) electrons. The van der Waals surface area contributed by atoms with Gasteiger partial charge in [0.2, 0.25) is 0 Å². The zero-order chi connectivity index (χ0) is 0. The molecule has 0 aromatic heterocycles. The molecule has 0 bridgehead atoms. The van der Waals surface area contributed by atoms with Gasteiger partial charge in [0.05, 0.1) is 0 Å². The Bertz CT molecular complexity index is 8.00. The molecule has 0 N–H and O–H groups in total. The average molecular weight is 306 g/mol. The minimum absolute atomic E-state index is 0. The van der Waals surface area contributed by atoms with Gasteiger partial charge < -0.3 is 0 Å². The number of hydrogen-bond acceptors (Lipinski definition) is 0. The molecular weight excluding hydrogens is 296 g/mol. The molecule has 0 nitrogen and oxygen atoms in total. The van der Waals surface area contributed by atoms with Crippen LogP contribution < -0.4 is 0 Å². The van der Waals surface area contributed by atoms with E-state index in [4.69, 9.17) is 0 Å². The maximum atomic E-state index is 0. The van der Waals surface area contributed by atoms with Gasteiger partial charge in [0.15, 0.2) is 0 Å². The second-order valence-corrected chi connectivity index (χ2v) is 0. The molecule has 0 aromatic rings. The van der Waals surface area contributed by atoms with Crippen LogP contribution >= 0.6 is 13.5 Å². The van der Waals surface area contributed by atoms with Crippen LogP contribution in [0.2, 0.25) is 0 Å². The Labute approximate surface area is 75.2 Å². The van der Waals surface area contributed by atoms with Crippen LogP contribution in [0.25, 0.3) is 0 Å². The summed E-state index contributed by atoms with van der Waals surface area (Å²) in [5.74, 6) is 0. The molecule has 0 aromatic carbocycles. The third-order valence-electron chi connectivity index (χ3n) is 0. The Morgan fingerprint density at radius 2 is 1.00 bits per heavy atom. The van der Waals surface area contributed by atoms with Crippen molar-refractivity contribution in [2.24, 2.45) is 0 Å². The van der Waals surface area contributed by atoms with Gasteiger partial charge in [-0.2, -0.15) is 13.5 Å². The fourth-order valence-corrected chi connectivity index (χ4v) is 0. The van der Waals surface area contributed by atoms with E-state index in [9.17, 15) is 0 Å². The summed E-state index contributed by atoms with van der Waals surface area (Å²) in [6.07, 6.45) is 0. The SMILES string of the molecule is S.[GaH3].[InH3].[SeH2]. The van der Waals surface area contributed by atoms with Gasteiger partial charge in [0.1, 0.15) is 0 Å². The molecule has 0 aliphatic carbocycles. The quantitative estimate of drug-likeness (QED) is 0.414. The first-order valence-corrected chi connectivity index (χ1v) is 0. The summed E-state index contributed by atoms with van der Waals surface area (Å²) < 4.78 is 0. The van der Waals surface area contributed by atoms with Crippen molar-refractivity contribution in [3.63, 3.8) is 0 Å². The minimum atomic E-state index is 0. The van der Waals surface area contributed by atoms with Crippen LogP contribution in [0.5, 0.6) is 0 Å². The van der Waals surface area contributed by atoms with E-state index in [0.717, 1.165) is 0 Å². The van der Waals surface area contributed by atoms with Gasteiger partial charge in [0, 0.05) is 0 Å². The van der Waals surface area contributed by atoms with Crippen LogP contribution in [0.15, 0.2) is 0 Å². The molecule has 0 saturated carbocycles. The predicted molar refractivity (Wildman–Crippen MR) is 38.8 cm³/mol. The average Bonchev–Trinajstić information content (AvgIpc) is 0. The third kappa shape index (κ3) is 8.83. The molecule has 4 heavy (non-hydrogen) atoms. The van der Waals surface area contributed by atoms with E-state index in [-0.39, 0.29) is 76.2 Å². The Kier molecular flexibility index (Phi) is 149. The summed E-state index contributed by atoms with van der Waals surface area (Å²) in [6.45, 7) is 0. The summed E-state index contributed by atoms with van der Waals surface area (Å²) in [7, 11) is 0. The molecule has 0 aliphatic heterocycles. The molecule has 0 amide bonds. The van der Waals surface area contributed by atoms with E-state index in [1.54, 1.807) is 0 Å². The molecular formula is H10GaInSSe. The van der Waals surface area contributed by atoms with Crippen molar-refractivity contribution < 1.29 is 0 Å². The molecule has 0 unspecified atom stereocenters. The molecule has 0 aliphatic rings. The number of rotatable bonds is 0. The zero-order valence-electron chi connectivity index (χ0n) is 1.00. The van der Waals surface area contributed by atoms with Crippen molar-refractivity contribution in [1.82, 2.24) is 0 Å². The second kappa shape index (κ2) is 18.2. The molecule has 0 heterocycles. The normalized spacial score (nSPS) is 0. The number of hydrogen-bond donors (Lipinski definition) is 0. The summed E-state index contributed by atoms with van der Waals surface area (Å²) >= 11 is 0. The van der Waals surface area contributed by atoms with Crippen molar-refractivity contribution in [2.45, 2.75) is 0 Å².